The average Bonchev–Trinajstić information content (AvgIpc) is 3.91. The summed E-state index contributed by atoms with van der Waals surface area (Å²) in [5, 5.41) is 10.1. The van der Waals surface area contributed by atoms with Crippen molar-refractivity contribution in [3.05, 3.63) is 117 Å². The molecule has 1 N–H and O–H groups in total. The van der Waals surface area contributed by atoms with E-state index in [0.29, 0.717) is 65.2 Å². The minimum atomic E-state index is -2.61. The van der Waals surface area contributed by atoms with Crippen LogP contribution in [0.4, 0.5) is 10.1 Å². The molecule has 1 atom stereocenters. The fourth-order valence-electron chi connectivity index (χ4n) is 8.92. The molecule has 11 nitrogen and oxygen atoms in total. The summed E-state index contributed by atoms with van der Waals surface area (Å²) in [5.41, 5.74) is 6.91. The van der Waals surface area contributed by atoms with Crippen molar-refractivity contribution in [2.24, 2.45) is 7.05 Å². The number of rotatable bonds is 9. The Morgan fingerprint density at radius 1 is 0.965 bits per heavy atom. The molecule has 57 heavy (non-hydrogen) atoms. The van der Waals surface area contributed by atoms with Crippen LogP contribution in [0.1, 0.15) is 84.0 Å². The van der Waals surface area contributed by atoms with Gasteiger partial charge in [0.15, 0.2) is 0 Å². The third kappa shape index (κ3) is 6.47. The number of hydrogen-bond acceptors (Lipinski definition) is 6. The Kier molecular flexibility index (Phi) is 10.1. The van der Waals surface area contributed by atoms with E-state index < -0.39 is 13.2 Å². The SMILES string of the molecule is CCP(=O)(CC)c1ccc(-n2ccn(-c3c4c(nn3-c3cc(C)c(F)c(C)c3)CCN(C(=O)c3cc5cc(C6CCOCC6)ccc5n3C)[C@H]4C)c2=O)cc1NC. The molecule has 2 aliphatic rings. The van der Waals surface area contributed by atoms with Crippen LogP contribution >= 0.6 is 7.14 Å². The second kappa shape index (κ2) is 15.0. The highest BCUT2D eigenvalue weighted by atomic mass is 31.2. The van der Waals surface area contributed by atoms with Gasteiger partial charge in [0.1, 0.15) is 24.5 Å². The van der Waals surface area contributed by atoms with E-state index in [1.807, 2.05) is 61.6 Å². The van der Waals surface area contributed by atoms with E-state index in [9.17, 15) is 18.5 Å². The first-order valence-corrected chi connectivity index (χ1v) is 22.0. The zero-order valence-corrected chi connectivity index (χ0v) is 34.7. The summed E-state index contributed by atoms with van der Waals surface area (Å²) in [7, 11) is 1.12. The van der Waals surface area contributed by atoms with Gasteiger partial charge < -0.3 is 24.1 Å². The summed E-state index contributed by atoms with van der Waals surface area (Å²) in [6.45, 7) is 11.3. The molecule has 2 aliphatic heterocycles. The smallest absolute Gasteiger partial charge is 0.338 e. The van der Waals surface area contributed by atoms with Gasteiger partial charge in [-0.15, -0.1) is 0 Å². The highest BCUT2D eigenvalue weighted by Gasteiger charge is 2.37. The number of nitrogens with one attached hydrogen (secondary N) is 1. The van der Waals surface area contributed by atoms with Gasteiger partial charge in [0.2, 0.25) is 0 Å². The average molecular weight is 792 g/mol. The van der Waals surface area contributed by atoms with Crippen molar-refractivity contribution in [2.75, 3.05) is 44.4 Å². The van der Waals surface area contributed by atoms with Crippen LogP contribution in [0.25, 0.3) is 28.1 Å². The van der Waals surface area contributed by atoms with Crippen molar-refractivity contribution in [1.29, 1.82) is 0 Å². The normalized spacial score (nSPS) is 16.4. The Morgan fingerprint density at radius 3 is 2.35 bits per heavy atom. The topological polar surface area (TPSA) is 108 Å². The van der Waals surface area contributed by atoms with Gasteiger partial charge in [0, 0.05) is 92.5 Å². The van der Waals surface area contributed by atoms with E-state index in [4.69, 9.17) is 9.84 Å². The summed E-state index contributed by atoms with van der Waals surface area (Å²) in [4.78, 5) is 31.1. The van der Waals surface area contributed by atoms with Gasteiger partial charge in [-0.2, -0.15) is 5.10 Å². The van der Waals surface area contributed by atoms with Crippen molar-refractivity contribution >= 4 is 34.9 Å². The van der Waals surface area contributed by atoms with Gasteiger partial charge in [-0.3, -0.25) is 13.9 Å². The fraction of sp³-hybridized carbons (Fsp3) is 0.386. The zero-order valence-electron chi connectivity index (χ0n) is 33.8. The van der Waals surface area contributed by atoms with Gasteiger partial charge in [-0.25, -0.2) is 13.9 Å². The molecule has 13 heteroatoms. The molecular weight excluding hydrogens is 741 g/mol. The number of amides is 1. The molecule has 0 unspecified atom stereocenters. The molecule has 1 fully saturated rings. The second-order valence-electron chi connectivity index (χ2n) is 15.5. The van der Waals surface area contributed by atoms with Crippen LogP contribution < -0.4 is 16.3 Å². The Morgan fingerprint density at radius 2 is 1.67 bits per heavy atom. The first kappa shape index (κ1) is 38.7. The quantitative estimate of drug-likeness (QED) is 0.150. The maximum atomic E-state index is 15.0. The predicted octanol–water partition coefficient (Wildman–Crippen LogP) is 7.78. The monoisotopic (exact) mass is 791 g/mol. The van der Waals surface area contributed by atoms with Gasteiger partial charge in [-0.1, -0.05) is 19.9 Å². The number of carbonyl (C=O) groups is 1. The van der Waals surface area contributed by atoms with Crippen molar-refractivity contribution < 1.29 is 18.5 Å². The minimum Gasteiger partial charge on any atom is -0.387 e. The molecule has 1 saturated heterocycles. The van der Waals surface area contributed by atoms with E-state index in [1.165, 1.54) is 5.56 Å². The maximum Gasteiger partial charge on any atom is 0.338 e. The lowest BCUT2D eigenvalue weighted by Crippen LogP contribution is -2.40. The highest BCUT2D eigenvalue weighted by molar-refractivity contribution is 7.71. The van der Waals surface area contributed by atoms with E-state index in [1.54, 1.807) is 59.2 Å². The summed E-state index contributed by atoms with van der Waals surface area (Å²) in [6.07, 6.45) is 6.95. The lowest BCUT2D eigenvalue weighted by atomic mass is 9.91. The third-order valence-electron chi connectivity index (χ3n) is 12.3. The molecule has 3 aromatic heterocycles. The number of benzene rings is 3. The molecular formula is C44H51FN7O4P. The fourth-order valence-corrected chi connectivity index (χ4v) is 11.0. The number of halogens is 1. The van der Waals surface area contributed by atoms with Crippen LogP contribution in [0.3, 0.4) is 0 Å². The van der Waals surface area contributed by atoms with Crippen LogP contribution in [0, 0.1) is 19.7 Å². The van der Waals surface area contributed by atoms with Crippen molar-refractivity contribution in [2.45, 2.75) is 65.8 Å². The number of aromatic nitrogens is 5. The summed E-state index contributed by atoms with van der Waals surface area (Å²) < 4.78 is 41.1. The lowest BCUT2D eigenvalue weighted by molar-refractivity contribution is 0.0667. The Hall–Kier alpha value is -5.19. The van der Waals surface area contributed by atoms with Crippen molar-refractivity contribution in [3.63, 3.8) is 0 Å². The van der Waals surface area contributed by atoms with Gasteiger partial charge >= 0.3 is 5.69 Å². The number of nitrogens with zero attached hydrogens (tertiary/aromatic N) is 6. The number of aryl methyl sites for hydroxylation is 3. The van der Waals surface area contributed by atoms with E-state index >= 15 is 0 Å². The van der Waals surface area contributed by atoms with Gasteiger partial charge in [0.05, 0.1) is 23.1 Å². The Bertz CT molecular complexity index is 2620. The number of hydrogen-bond donors (Lipinski definition) is 1. The molecule has 1 amide bonds. The van der Waals surface area contributed by atoms with Gasteiger partial charge in [-0.05, 0) is 105 Å². The first-order chi connectivity index (χ1) is 27.4. The van der Waals surface area contributed by atoms with Crippen LogP contribution in [-0.4, -0.2) is 73.4 Å². The van der Waals surface area contributed by atoms with Crippen molar-refractivity contribution in [1.82, 2.24) is 28.4 Å². The van der Waals surface area contributed by atoms with Crippen LogP contribution in [-0.2, 0) is 22.8 Å². The molecule has 0 aliphatic carbocycles. The molecule has 5 heterocycles. The van der Waals surface area contributed by atoms with E-state index in [-0.39, 0.29) is 17.4 Å². The molecule has 0 radical (unpaired) electrons. The number of carbonyl (C=O) groups excluding carboxylic acids is 1. The molecule has 0 bridgehead atoms. The minimum absolute atomic E-state index is 0.104. The maximum absolute atomic E-state index is 15.0. The summed E-state index contributed by atoms with van der Waals surface area (Å²) in [5.74, 6) is 0.539. The Labute approximate surface area is 332 Å². The number of imidazole rings is 1. The van der Waals surface area contributed by atoms with Crippen molar-refractivity contribution in [3.8, 4) is 17.2 Å². The molecule has 6 aromatic rings. The molecule has 3 aromatic carbocycles. The zero-order chi connectivity index (χ0) is 40.3. The third-order valence-corrected chi connectivity index (χ3v) is 15.7. The number of anilines is 1. The Balaban J connectivity index is 1.22. The highest BCUT2D eigenvalue weighted by Crippen LogP contribution is 2.46. The first-order valence-electron chi connectivity index (χ1n) is 20.0. The number of ether oxygens (including phenoxy) is 1. The second-order valence-corrected chi connectivity index (χ2v) is 19.0. The summed E-state index contributed by atoms with van der Waals surface area (Å²) in [6, 6.07) is 17.1. The van der Waals surface area contributed by atoms with Crippen LogP contribution in [0.15, 0.2) is 71.8 Å². The molecule has 0 spiro atoms. The standard InChI is InChI=1S/C44H51FN7O4P/c1-8-57(55,9-2)39-13-11-33(26-36(39)46-6)50-18-19-51(44(50)54)42-40-29(5)49(17-14-35(40)47-52(42)34-22-27(3)41(45)28(4)23-34)43(53)38-25-32-24-31(10-12-37(32)48(38)7)30-15-20-56-21-16-30/h10-13,18-19,22-26,29-30,46H,8-9,14-17,20-21H2,1-7H3/t29-/m0/s1. The lowest BCUT2D eigenvalue weighted by Gasteiger charge is -2.33. The van der Waals surface area contributed by atoms with Crippen LogP contribution in [0.5, 0.6) is 0 Å². The van der Waals surface area contributed by atoms with Gasteiger partial charge in [0.25, 0.3) is 5.91 Å². The molecule has 8 rings (SSSR count). The predicted molar refractivity (Wildman–Crippen MR) is 225 cm³/mol. The summed E-state index contributed by atoms with van der Waals surface area (Å²) >= 11 is 0. The largest absolute Gasteiger partial charge is 0.387 e. The number of fused-ring (bicyclic) bond motifs is 2. The molecule has 298 valence electrons. The molecule has 0 saturated carbocycles. The van der Waals surface area contributed by atoms with Crippen LogP contribution in [0.2, 0.25) is 0 Å². The van der Waals surface area contributed by atoms with E-state index in [2.05, 4.69) is 23.5 Å². The van der Waals surface area contributed by atoms with E-state index in [0.717, 1.165) is 59.2 Å².